The molecule has 0 aliphatic carbocycles. The maximum Gasteiger partial charge on any atom is 0.387 e. The highest BCUT2D eigenvalue weighted by molar-refractivity contribution is 9.10. The van der Waals surface area contributed by atoms with Gasteiger partial charge in [0.2, 0.25) is 0 Å². The number of hydrogen-bond donors (Lipinski definition) is 0. The average molecular weight is 393 g/mol. The van der Waals surface area contributed by atoms with Gasteiger partial charge in [-0.05, 0) is 28.0 Å². The first-order valence-electron chi connectivity index (χ1n) is 6.94. The predicted molar refractivity (Wildman–Crippen MR) is 88.2 cm³/mol. The fourth-order valence-electron chi connectivity index (χ4n) is 1.90. The molecule has 0 N–H and O–H groups in total. The van der Waals surface area contributed by atoms with Crippen molar-refractivity contribution in [1.29, 1.82) is 0 Å². The number of alkyl halides is 2. The highest BCUT2D eigenvalue weighted by Crippen LogP contribution is 2.31. The van der Waals surface area contributed by atoms with Crippen LogP contribution in [0.25, 0.3) is 10.9 Å². The van der Waals surface area contributed by atoms with Gasteiger partial charge in [-0.15, -0.1) is 0 Å². The molecular formula is C14H19BrF2N2O2Si. The van der Waals surface area contributed by atoms with Crippen LogP contribution in [0.2, 0.25) is 25.7 Å². The fourth-order valence-corrected chi connectivity index (χ4v) is 3.11. The van der Waals surface area contributed by atoms with Crippen LogP contribution in [-0.4, -0.2) is 31.1 Å². The molecule has 2 aromatic rings. The SMILES string of the molecule is C[Si](C)(C)CCOCn1ncc2cc(Br)c(OC(F)F)cc21. The summed E-state index contributed by atoms with van der Waals surface area (Å²) in [6.07, 6.45) is 1.67. The zero-order chi connectivity index (χ0) is 16.3. The average Bonchev–Trinajstić information content (AvgIpc) is 2.76. The molecule has 1 aromatic heterocycles. The summed E-state index contributed by atoms with van der Waals surface area (Å²) >= 11 is 3.22. The molecule has 0 amide bonds. The number of fused-ring (bicyclic) bond motifs is 1. The van der Waals surface area contributed by atoms with Crippen molar-refractivity contribution in [2.75, 3.05) is 6.61 Å². The van der Waals surface area contributed by atoms with Crippen LogP contribution in [0.1, 0.15) is 0 Å². The van der Waals surface area contributed by atoms with E-state index in [1.54, 1.807) is 23.0 Å². The van der Waals surface area contributed by atoms with E-state index in [0.29, 0.717) is 23.3 Å². The molecule has 0 spiro atoms. The summed E-state index contributed by atoms with van der Waals surface area (Å²) in [5.74, 6) is 0.0892. The minimum atomic E-state index is -2.86. The van der Waals surface area contributed by atoms with Crippen LogP contribution in [0.15, 0.2) is 22.8 Å². The quantitative estimate of drug-likeness (QED) is 0.505. The molecule has 0 bridgehead atoms. The van der Waals surface area contributed by atoms with Crippen LogP contribution in [0.5, 0.6) is 5.75 Å². The summed E-state index contributed by atoms with van der Waals surface area (Å²) in [7, 11) is -1.13. The molecule has 1 aromatic carbocycles. The molecule has 0 unspecified atom stereocenters. The molecule has 0 saturated carbocycles. The van der Waals surface area contributed by atoms with Crippen LogP contribution >= 0.6 is 15.9 Å². The molecule has 0 aliphatic heterocycles. The Balaban J connectivity index is 2.10. The summed E-state index contributed by atoms with van der Waals surface area (Å²) in [4.78, 5) is 0. The molecule has 0 saturated heterocycles. The Hall–Kier alpha value is -0.993. The van der Waals surface area contributed by atoms with E-state index >= 15 is 0 Å². The number of hydrogen-bond acceptors (Lipinski definition) is 3. The maximum atomic E-state index is 12.4. The molecule has 22 heavy (non-hydrogen) atoms. The minimum Gasteiger partial charge on any atom is -0.434 e. The Morgan fingerprint density at radius 1 is 1.32 bits per heavy atom. The van der Waals surface area contributed by atoms with E-state index in [9.17, 15) is 8.78 Å². The predicted octanol–water partition coefficient (Wildman–Crippen LogP) is 4.71. The lowest BCUT2D eigenvalue weighted by Crippen LogP contribution is -2.22. The molecule has 0 atom stereocenters. The van der Waals surface area contributed by atoms with E-state index in [4.69, 9.17) is 4.74 Å². The van der Waals surface area contributed by atoms with E-state index in [2.05, 4.69) is 45.4 Å². The van der Waals surface area contributed by atoms with Gasteiger partial charge in [0.25, 0.3) is 0 Å². The summed E-state index contributed by atoms with van der Waals surface area (Å²) in [6, 6.07) is 4.32. The van der Waals surface area contributed by atoms with Gasteiger partial charge in [0.1, 0.15) is 12.5 Å². The van der Waals surface area contributed by atoms with Gasteiger partial charge in [-0.2, -0.15) is 13.9 Å². The van der Waals surface area contributed by atoms with Gasteiger partial charge in [0.15, 0.2) is 0 Å². The Morgan fingerprint density at radius 3 is 2.68 bits per heavy atom. The number of rotatable bonds is 7. The smallest absolute Gasteiger partial charge is 0.387 e. The summed E-state index contributed by atoms with van der Waals surface area (Å²) in [6.45, 7) is 4.96. The van der Waals surface area contributed by atoms with Gasteiger partial charge in [-0.25, -0.2) is 4.68 Å². The topological polar surface area (TPSA) is 36.3 Å². The van der Waals surface area contributed by atoms with Crippen molar-refractivity contribution in [3.8, 4) is 5.75 Å². The molecule has 2 rings (SSSR count). The molecule has 4 nitrogen and oxygen atoms in total. The second-order valence-corrected chi connectivity index (χ2v) is 12.7. The second-order valence-electron chi connectivity index (χ2n) is 6.21. The van der Waals surface area contributed by atoms with Gasteiger partial charge < -0.3 is 9.47 Å². The number of nitrogens with zero attached hydrogens (tertiary/aromatic N) is 2. The van der Waals surface area contributed by atoms with Crippen molar-refractivity contribution < 1.29 is 18.3 Å². The number of halogens is 3. The molecule has 0 aliphatic rings. The lowest BCUT2D eigenvalue weighted by atomic mass is 10.2. The Kier molecular flexibility index (Phi) is 5.57. The third kappa shape index (κ3) is 4.75. The lowest BCUT2D eigenvalue weighted by Gasteiger charge is -2.15. The highest BCUT2D eigenvalue weighted by atomic mass is 79.9. The Morgan fingerprint density at radius 2 is 2.05 bits per heavy atom. The van der Waals surface area contributed by atoms with Crippen LogP contribution in [0, 0.1) is 0 Å². The highest BCUT2D eigenvalue weighted by Gasteiger charge is 2.14. The van der Waals surface area contributed by atoms with Gasteiger partial charge in [0.05, 0.1) is 16.2 Å². The first-order valence-corrected chi connectivity index (χ1v) is 11.4. The van der Waals surface area contributed by atoms with Crippen LogP contribution in [0.3, 0.4) is 0 Å². The molecule has 8 heteroatoms. The first-order chi connectivity index (χ1) is 10.3. The van der Waals surface area contributed by atoms with Crippen molar-refractivity contribution in [2.45, 2.75) is 39.0 Å². The van der Waals surface area contributed by atoms with E-state index in [1.165, 1.54) is 0 Å². The fraction of sp³-hybridized carbons (Fsp3) is 0.500. The van der Waals surface area contributed by atoms with Gasteiger partial charge >= 0.3 is 6.61 Å². The van der Waals surface area contributed by atoms with E-state index < -0.39 is 14.7 Å². The molecule has 0 radical (unpaired) electrons. The van der Waals surface area contributed by atoms with Crippen LogP contribution in [-0.2, 0) is 11.5 Å². The lowest BCUT2D eigenvalue weighted by molar-refractivity contribution is -0.0502. The van der Waals surface area contributed by atoms with Crippen molar-refractivity contribution in [3.05, 3.63) is 22.8 Å². The monoisotopic (exact) mass is 392 g/mol. The number of aromatic nitrogens is 2. The van der Waals surface area contributed by atoms with E-state index in [-0.39, 0.29) is 5.75 Å². The summed E-state index contributed by atoms with van der Waals surface area (Å²) < 4.78 is 37.1. The second kappa shape index (κ2) is 7.06. The van der Waals surface area contributed by atoms with Crippen molar-refractivity contribution in [1.82, 2.24) is 9.78 Å². The van der Waals surface area contributed by atoms with Crippen LogP contribution in [0.4, 0.5) is 8.78 Å². The van der Waals surface area contributed by atoms with E-state index in [0.717, 1.165) is 11.4 Å². The first kappa shape index (κ1) is 17.4. The van der Waals surface area contributed by atoms with Gasteiger partial charge in [-0.1, -0.05) is 19.6 Å². The third-order valence-electron chi connectivity index (χ3n) is 3.12. The summed E-state index contributed by atoms with van der Waals surface area (Å²) in [5, 5.41) is 5.07. The largest absolute Gasteiger partial charge is 0.434 e. The maximum absolute atomic E-state index is 12.4. The standard InChI is InChI=1S/C14H19BrF2N2O2Si/c1-22(2,3)5-4-20-9-19-12-7-13(21-14(16)17)11(15)6-10(12)8-18-19/h6-8,14H,4-5,9H2,1-3H3. The minimum absolute atomic E-state index is 0.0892. The van der Waals surface area contributed by atoms with Gasteiger partial charge in [0, 0.05) is 26.1 Å². The van der Waals surface area contributed by atoms with Crippen LogP contribution < -0.4 is 4.74 Å². The normalized spacial score (nSPS) is 12.3. The number of benzene rings is 1. The van der Waals surface area contributed by atoms with E-state index in [1.807, 2.05) is 0 Å². The molecule has 122 valence electrons. The zero-order valence-electron chi connectivity index (χ0n) is 12.8. The molecular weight excluding hydrogens is 374 g/mol. The third-order valence-corrected chi connectivity index (χ3v) is 5.45. The van der Waals surface area contributed by atoms with Gasteiger partial charge in [-0.3, -0.25) is 0 Å². The molecule has 1 heterocycles. The summed E-state index contributed by atoms with van der Waals surface area (Å²) in [5.41, 5.74) is 0.701. The zero-order valence-corrected chi connectivity index (χ0v) is 15.4. The van der Waals surface area contributed by atoms with Crippen molar-refractivity contribution >= 4 is 34.9 Å². The van der Waals surface area contributed by atoms with Crippen molar-refractivity contribution in [2.24, 2.45) is 0 Å². The number of ether oxygens (including phenoxy) is 2. The van der Waals surface area contributed by atoms with Crippen molar-refractivity contribution in [3.63, 3.8) is 0 Å². The Bertz CT molecular complexity index is 644. The molecule has 0 fully saturated rings. The Labute approximate surface area is 137 Å².